The van der Waals surface area contributed by atoms with Crippen molar-refractivity contribution in [3.63, 3.8) is 0 Å². The van der Waals surface area contributed by atoms with Crippen molar-refractivity contribution < 1.29 is 4.79 Å². The van der Waals surface area contributed by atoms with E-state index in [1.807, 2.05) is 24.3 Å². The molecule has 0 saturated heterocycles. The molecule has 4 N–H and O–H groups in total. The van der Waals surface area contributed by atoms with Gasteiger partial charge in [0, 0.05) is 25.8 Å². The number of benzene rings is 2. The predicted octanol–water partition coefficient (Wildman–Crippen LogP) is 1.96. The number of para-hydroxylation sites is 2. The topological polar surface area (TPSA) is 75.6 Å². The number of carbonyl (C=O) groups is 1. The zero-order valence-electron chi connectivity index (χ0n) is 11.9. The summed E-state index contributed by atoms with van der Waals surface area (Å²) in [4.78, 5) is 16.0. The smallest absolute Gasteiger partial charge is 0.250 e. The highest BCUT2D eigenvalue weighted by Crippen LogP contribution is 2.38. The van der Waals surface area contributed by atoms with Crippen LogP contribution in [0.4, 0.5) is 22.7 Å². The number of anilines is 4. The van der Waals surface area contributed by atoms with Crippen molar-refractivity contribution in [2.75, 3.05) is 35.7 Å². The molecule has 3 rings (SSSR count). The second-order valence-corrected chi connectivity index (χ2v) is 5.20. The third-order valence-electron chi connectivity index (χ3n) is 3.82. The van der Waals surface area contributed by atoms with Crippen molar-refractivity contribution in [2.24, 2.45) is 5.73 Å². The molecule has 1 heterocycles. The van der Waals surface area contributed by atoms with Crippen LogP contribution in [0.25, 0.3) is 0 Å². The van der Waals surface area contributed by atoms with Crippen LogP contribution in [0.3, 0.4) is 0 Å². The molecule has 0 aromatic heterocycles. The van der Waals surface area contributed by atoms with Crippen LogP contribution < -0.4 is 21.3 Å². The van der Waals surface area contributed by atoms with E-state index in [-0.39, 0.29) is 0 Å². The SMILES string of the molecule is CN1CCN(c2ccc(N)cc2C(N)=O)c2ccccc21. The molecular weight excluding hydrogens is 264 g/mol. The van der Waals surface area contributed by atoms with Gasteiger partial charge in [-0.05, 0) is 30.3 Å². The number of amides is 1. The third-order valence-corrected chi connectivity index (χ3v) is 3.82. The number of rotatable bonds is 2. The molecule has 0 aliphatic carbocycles. The fourth-order valence-electron chi connectivity index (χ4n) is 2.74. The van der Waals surface area contributed by atoms with E-state index in [0.717, 1.165) is 30.2 Å². The Labute approximate surface area is 123 Å². The van der Waals surface area contributed by atoms with Gasteiger partial charge >= 0.3 is 0 Å². The average Bonchev–Trinajstić information content (AvgIpc) is 2.48. The summed E-state index contributed by atoms with van der Waals surface area (Å²) in [6, 6.07) is 13.4. The highest BCUT2D eigenvalue weighted by molar-refractivity contribution is 6.01. The van der Waals surface area contributed by atoms with Crippen molar-refractivity contribution in [2.45, 2.75) is 0 Å². The lowest BCUT2D eigenvalue weighted by molar-refractivity contribution is 0.100. The number of primary amides is 1. The first-order valence-electron chi connectivity index (χ1n) is 6.85. The fraction of sp³-hybridized carbons (Fsp3) is 0.188. The zero-order chi connectivity index (χ0) is 15.0. The van der Waals surface area contributed by atoms with Crippen LogP contribution >= 0.6 is 0 Å². The van der Waals surface area contributed by atoms with Gasteiger partial charge in [0.25, 0.3) is 5.91 Å². The molecule has 0 saturated carbocycles. The van der Waals surface area contributed by atoms with Gasteiger partial charge in [-0.15, -0.1) is 0 Å². The number of hydrogen-bond acceptors (Lipinski definition) is 4. The maximum absolute atomic E-state index is 11.7. The molecule has 0 fully saturated rings. The molecule has 1 aliphatic rings. The summed E-state index contributed by atoms with van der Waals surface area (Å²) < 4.78 is 0. The highest BCUT2D eigenvalue weighted by Gasteiger charge is 2.24. The van der Waals surface area contributed by atoms with E-state index in [0.29, 0.717) is 11.3 Å². The summed E-state index contributed by atoms with van der Waals surface area (Å²) >= 11 is 0. The summed E-state index contributed by atoms with van der Waals surface area (Å²) in [5.41, 5.74) is 15.3. The molecule has 2 aromatic carbocycles. The van der Waals surface area contributed by atoms with Gasteiger partial charge in [-0.25, -0.2) is 0 Å². The van der Waals surface area contributed by atoms with Gasteiger partial charge in [-0.1, -0.05) is 12.1 Å². The minimum Gasteiger partial charge on any atom is -0.399 e. The van der Waals surface area contributed by atoms with Gasteiger partial charge < -0.3 is 21.3 Å². The first-order valence-corrected chi connectivity index (χ1v) is 6.85. The Kier molecular flexibility index (Phi) is 3.17. The number of nitrogens with zero attached hydrogens (tertiary/aromatic N) is 2. The van der Waals surface area contributed by atoms with E-state index in [1.165, 1.54) is 0 Å². The molecule has 0 spiro atoms. The van der Waals surface area contributed by atoms with Crippen LogP contribution in [-0.2, 0) is 0 Å². The summed E-state index contributed by atoms with van der Waals surface area (Å²) in [7, 11) is 2.06. The summed E-state index contributed by atoms with van der Waals surface area (Å²) in [5.74, 6) is -0.464. The van der Waals surface area contributed by atoms with Crippen LogP contribution in [0.15, 0.2) is 42.5 Å². The van der Waals surface area contributed by atoms with Crippen LogP contribution in [0.2, 0.25) is 0 Å². The Morgan fingerprint density at radius 3 is 2.48 bits per heavy atom. The number of carbonyl (C=O) groups excluding carboxylic acids is 1. The molecule has 0 bridgehead atoms. The Morgan fingerprint density at radius 1 is 1.05 bits per heavy atom. The van der Waals surface area contributed by atoms with E-state index in [4.69, 9.17) is 11.5 Å². The molecule has 5 nitrogen and oxygen atoms in total. The van der Waals surface area contributed by atoms with E-state index < -0.39 is 5.91 Å². The summed E-state index contributed by atoms with van der Waals surface area (Å²) in [6.07, 6.45) is 0. The van der Waals surface area contributed by atoms with Crippen molar-refractivity contribution in [1.29, 1.82) is 0 Å². The molecule has 2 aromatic rings. The lowest BCUT2D eigenvalue weighted by Crippen LogP contribution is -2.37. The van der Waals surface area contributed by atoms with Gasteiger partial charge in [0.2, 0.25) is 0 Å². The van der Waals surface area contributed by atoms with Crippen molar-refractivity contribution >= 4 is 28.7 Å². The van der Waals surface area contributed by atoms with Gasteiger partial charge in [-0.2, -0.15) is 0 Å². The average molecular weight is 282 g/mol. The predicted molar refractivity (Wildman–Crippen MR) is 86.1 cm³/mol. The normalized spacial score (nSPS) is 14.0. The molecule has 1 amide bonds. The second kappa shape index (κ2) is 5.01. The molecule has 5 heteroatoms. The van der Waals surface area contributed by atoms with Gasteiger partial charge in [0.1, 0.15) is 0 Å². The van der Waals surface area contributed by atoms with Crippen molar-refractivity contribution in [3.05, 3.63) is 48.0 Å². The lowest BCUT2D eigenvalue weighted by atomic mass is 10.1. The van der Waals surface area contributed by atoms with Gasteiger partial charge in [0.05, 0.1) is 22.6 Å². The number of hydrogen-bond donors (Lipinski definition) is 2. The number of fused-ring (bicyclic) bond motifs is 1. The zero-order valence-corrected chi connectivity index (χ0v) is 11.9. The van der Waals surface area contributed by atoms with Gasteiger partial charge in [-0.3, -0.25) is 4.79 Å². The van der Waals surface area contributed by atoms with E-state index in [2.05, 4.69) is 22.9 Å². The molecular formula is C16H18N4O. The molecule has 108 valence electrons. The highest BCUT2D eigenvalue weighted by atomic mass is 16.1. The van der Waals surface area contributed by atoms with Gasteiger partial charge in [0.15, 0.2) is 0 Å². The standard InChI is InChI=1S/C16H18N4O/c1-19-8-9-20(15-5-3-2-4-14(15)19)13-7-6-11(17)10-12(13)16(18)21/h2-7,10H,8-9,17H2,1H3,(H2,18,21). The monoisotopic (exact) mass is 282 g/mol. The maximum atomic E-state index is 11.7. The summed E-state index contributed by atoms with van der Waals surface area (Å²) in [6.45, 7) is 1.66. The lowest BCUT2D eigenvalue weighted by Gasteiger charge is -2.37. The molecule has 1 aliphatic heterocycles. The van der Waals surface area contributed by atoms with Crippen molar-refractivity contribution in [1.82, 2.24) is 0 Å². The number of nitrogens with two attached hydrogens (primary N) is 2. The van der Waals surface area contributed by atoms with Crippen LogP contribution in [-0.4, -0.2) is 26.0 Å². The van der Waals surface area contributed by atoms with E-state index in [9.17, 15) is 4.79 Å². The first kappa shape index (κ1) is 13.3. The molecule has 0 unspecified atom stereocenters. The molecule has 0 atom stereocenters. The third kappa shape index (κ3) is 2.27. The second-order valence-electron chi connectivity index (χ2n) is 5.20. The Balaban J connectivity index is 2.14. The quantitative estimate of drug-likeness (QED) is 0.826. The Bertz CT molecular complexity index is 698. The van der Waals surface area contributed by atoms with Crippen LogP contribution in [0.1, 0.15) is 10.4 Å². The molecule has 21 heavy (non-hydrogen) atoms. The number of likely N-dealkylation sites (N-methyl/N-ethyl adjacent to an activating group) is 1. The minimum absolute atomic E-state index is 0.453. The largest absolute Gasteiger partial charge is 0.399 e. The number of nitrogen functional groups attached to an aromatic ring is 1. The van der Waals surface area contributed by atoms with Crippen LogP contribution in [0, 0.1) is 0 Å². The maximum Gasteiger partial charge on any atom is 0.250 e. The first-order chi connectivity index (χ1) is 10.1. The minimum atomic E-state index is -0.464. The van der Waals surface area contributed by atoms with Crippen LogP contribution in [0.5, 0.6) is 0 Å². The fourth-order valence-corrected chi connectivity index (χ4v) is 2.74. The Morgan fingerprint density at radius 2 is 1.76 bits per heavy atom. The molecule has 0 radical (unpaired) electrons. The van der Waals surface area contributed by atoms with E-state index >= 15 is 0 Å². The Hall–Kier alpha value is -2.69. The van der Waals surface area contributed by atoms with Crippen molar-refractivity contribution in [3.8, 4) is 0 Å². The summed E-state index contributed by atoms with van der Waals surface area (Å²) in [5, 5.41) is 0. The van der Waals surface area contributed by atoms with E-state index in [1.54, 1.807) is 12.1 Å².